The SMILES string of the molecule is CNCc1cc(OC)c(OC)cc1-c1c(C)nn(C)c1C. The number of rotatable bonds is 5. The fourth-order valence-electron chi connectivity index (χ4n) is 2.65. The van der Waals surface area contributed by atoms with E-state index in [1.807, 2.05) is 37.8 Å². The van der Waals surface area contributed by atoms with E-state index in [1.165, 1.54) is 0 Å². The molecule has 2 rings (SSSR count). The van der Waals surface area contributed by atoms with Crippen molar-refractivity contribution in [2.24, 2.45) is 7.05 Å². The van der Waals surface area contributed by atoms with Gasteiger partial charge in [0.15, 0.2) is 11.5 Å². The predicted molar refractivity (Wildman–Crippen MR) is 84.0 cm³/mol. The molecule has 0 aliphatic rings. The molecule has 0 fully saturated rings. The summed E-state index contributed by atoms with van der Waals surface area (Å²) in [5.41, 5.74) is 5.60. The zero-order valence-electron chi connectivity index (χ0n) is 13.6. The maximum absolute atomic E-state index is 5.45. The van der Waals surface area contributed by atoms with Gasteiger partial charge in [-0.1, -0.05) is 0 Å². The Balaban J connectivity index is 2.70. The molecule has 0 radical (unpaired) electrons. The standard InChI is InChI=1S/C16H23N3O2/c1-10-16(11(2)19(4)18-10)13-8-15(21-6)14(20-5)7-12(13)9-17-3/h7-8,17H,9H2,1-6H3. The van der Waals surface area contributed by atoms with Gasteiger partial charge in [-0.25, -0.2) is 0 Å². The Morgan fingerprint density at radius 1 is 1.14 bits per heavy atom. The van der Waals surface area contributed by atoms with Gasteiger partial charge >= 0.3 is 0 Å². The number of hydrogen-bond donors (Lipinski definition) is 1. The van der Waals surface area contributed by atoms with Gasteiger partial charge in [0.1, 0.15) is 0 Å². The Morgan fingerprint density at radius 3 is 2.24 bits per heavy atom. The van der Waals surface area contributed by atoms with Crippen LogP contribution in [0.5, 0.6) is 11.5 Å². The quantitative estimate of drug-likeness (QED) is 0.918. The van der Waals surface area contributed by atoms with E-state index in [9.17, 15) is 0 Å². The van der Waals surface area contributed by atoms with Crippen molar-refractivity contribution in [1.82, 2.24) is 15.1 Å². The van der Waals surface area contributed by atoms with Crippen molar-refractivity contribution in [3.05, 3.63) is 29.1 Å². The normalized spacial score (nSPS) is 10.8. The number of ether oxygens (including phenoxy) is 2. The van der Waals surface area contributed by atoms with Crippen molar-refractivity contribution in [2.75, 3.05) is 21.3 Å². The second-order valence-corrected chi connectivity index (χ2v) is 5.06. The summed E-state index contributed by atoms with van der Waals surface area (Å²) in [6, 6.07) is 4.05. The summed E-state index contributed by atoms with van der Waals surface area (Å²) in [5, 5.41) is 7.72. The highest BCUT2D eigenvalue weighted by Crippen LogP contribution is 2.38. The highest BCUT2D eigenvalue weighted by molar-refractivity contribution is 5.75. The Labute approximate surface area is 125 Å². The van der Waals surface area contributed by atoms with Gasteiger partial charge in [0.2, 0.25) is 0 Å². The van der Waals surface area contributed by atoms with Gasteiger partial charge in [-0.2, -0.15) is 5.10 Å². The molecule has 0 unspecified atom stereocenters. The summed E-state index contributed by atoms with van der Waals surface area (Å²) in [4.78, 5) is 0. The minimum Gasteiger partial charge on any atom is -0.493 e. The van der Waals surface area contributed by atoms with Crippen molar-refractivity contribution in [1.29, 1.82) is 0 Å². The molecule has 5 heteroatoms. The van der Waals surface area contributed by atoms with Crippen LogP contribution in [-0.2, 0) is 13.6 Å². The number of methoxy groups -OCH3 is 2. The van der Waals surface area contributed by atoms with Crippen molar-refractivity contribution in [3.8, 4) is 22.6 Å². The average Bonchev–Trinajstić information content (AvgIpc) is 2.72. The molecule has 5 nitrogen and oxygen atoms in total. The molecule has 0 bridgehead atoms. The molecule has 0 saturated heterocycles. The summed E-state index contributed by atoms with van der Waals surface area (Å²) in [6.07, 6.45) is 0. The molecule has 0 saturated carbocycles. The zero-order chi connectivity index (χ0) is 15.6. The van der Waals surface area contributed by atoms with Crippen LogP contribution in [0.15, 0.2) is 12.1 Å². The number of nitrogens with one attached hydrogen (secondary N) is 1. The largest absolute Gasteiger partial charge is 0.493 e. The van der Waals surface area contributed by atoms with Crippen LogP contribution in [0, 0.1) is 13.8 Å². The predicted octanol–water partition coefficient (Wildman–Crippen LogP) is 2.44. The number of hydrogen-bond acceptors (Lipinski definition) is 4. The van der Waals surface area contributed by atoms with Crippen molar-refractivity contribution in [2.45, 2.75) is 20.4 Å². The van der Waals surface area contributed by atoms with Crippen LogP contribution < -0.4 is 14.8 Å². The first-order valence-corrected chi connectivity index (χ1v) is 6.93. The van der Waals surface area contributed by atoms with Crippen molar-refractivity contribution in [3.63, 3.8) is 0 Å². The van der Waals surface area contributed by atoms with Gasteiger partial charge in [0, 0.05) is 24.8 Å². The molecular formula is C16H23N3O2. The van der Waals surface area contributed by atoms with Crippen molar-refractivity contribution < 1.29 is 9.47 Å². The Morgan fingerprint density at radius 2 is 1.76 bits per heavy atom. The van der Waals surface area contributed by atoms with Crippen LogP contribution in [0.2, 0.25) is 0 Å². The van der Waals surface area contributed by atoms with Gasteiger partial charge < -0.3 is 14.8 Å². The van der Waals surface area contributed by atoms with Crippen LogP contribution in [0.4, 0.5) is 0 Å². The van der Waals surface area contributed by atoms with E-state index in [0.29, 0.717) is 0 Å². The molecule has 0 atom stereocenters. The fourth-order valence-corrected chi connectivity index (χ4v) is 2.65. The molecule has 0 aliphatic heterocycles. The van der Waals surface area contributed by atoms with E-state index in [2.05, 4.69) is 17.3 Å². The molecule has 114 valence electrons. The third kappa shape index (κ3) is 2.74. The number of nitrogens with zero attached hydrogens (tertiary/aromatic N) is 2. The summed E-state index contributed by atoms with van der Waals surface area (Å²) in [7, 11) is 7.21. The molecule has 1 aromatic carbocycles. The molecule has 0 aliphatic carbocycles. The third-order valence-electron chi connectivity index (χ3n) is 3.75. The summed E-state index contributed by atoms with van der Waals surface area (Å²) in [6.45, 7) is 4.86. The molecule has 0 amide bonds. The second-order valence-electron chi connectivity index (χ2n) is 5.06. The van der Waals surface area contributed by atoms with Crippen molar-refractivity contribution >= 4 is 0 Å². The lowest BCUT2D eigenvalue weighted by atomic mass is 9.97. The van der Waals surface area contributed by atoms with Gasteiger partial charge in [0.05, 0.1) is 19.9 Å². The van der Waals surface area contributed by atoms with Crippen LogP contribution in [-0.4, -0.2) is 31.0 Å². The van der Waals surface area contributed by atoms with E-state index in [1.54, 1.807) is 14.2 Å². The monoisotopic (exact) mass is 289 g/mol. The molecular weight excluding hydrogens is 266 g/mol. The van der Waals surface area contributed by atoms with Crippen LogP contribution in [0.1, 0.15) is 17.0 Å². The van der Waals surface area contributed by atoms with Gasteiger partial charge in [-0.15, -0.1) is 0 Å². The molecule has 1 heterocycles. The number of aromatic nitrogens is 2. The lowest BCUT2D eigenvalue weighted by Gasteiger charge is -2.15. The lowest BCUT2D eigenvalue weighted by Crippen LogP contribution is -2.07. The smallest absolute Gasteiger partial charge is 0.161 e. The maximum atomic E-state index is 5.45. The molecule has 2 aromatic rings. The van der Waals surface area contributed by atoms with E-state index in [-0.39, 0.29) is 0 Å². The molecule has 0 spiro atoms. The first-order chi connectivity index (χ1) is 10.0. The third-order valence-corrected chi connectivity index (χ3v) is 3.75. The number of benzene rings is 1. The summed E-state index contributed by atoms with van der Waals surface area (Å²) in [5.74, 6) is 1.47. The van der Waals surface area contributed by atoms with E-state index in [4.69, 9.17) is 9.47 Å². The van der Waals surface area contributed by atoms with E-state index >= 15 is 0 Å². The summed E-state index contributed by atoms with van der Waals surface area (Å²) >= 11 is 0. The topological polar surface area (TPSA) is 48.3 Å². The minimum absolute atomic E-state index is 0.731. The fraction of sp³-hybridized carbons (Fsp3) is 0.438. The Bertz CT molecular complexity index is 647. The summed E-state index contributed by atoms with van der Waals surface area (Å²) < 4.78 is 12.8. The van der Waals surface area contributed by atoms with E-state index in [0.717, 1.165) is 46.1 Å². The van der Waals surface area contributed by atoms with Crippen LogP contribution >= 0.6 is 0 Å². The average molecular weight is 289 g/mol. The van der Waals surface area contributed by atoms with Gasteiger partial charge in [0.25, 0.3) is 0 Å². The highest BCUT2D eigenvalue weighted by atomic mass is 16.5. The first kappa shape index (κ1) is 15.4. The maximum Gasteiger partial charge on any atom is 0.161 e. The molecule has 1 N–H and O–H groups in total. The number of aryl methyl sites for hydroxylation is 2. The van der Waals surface area contributed by atoms with E-state index < -0.39 is 0 Å². The lowest BCUT2D eigenvalue weighted by molar-refractivity contribution is 0.354. The molecule has 21 heavy (non-hydrogen) atoms. The minimum atomic E-state index is 0.731. The second kappa shape index (κ2) is 6.18. The first-order valence-electron chi connectivity index (χ1n) is 6.93. The van der Waals surface area contributed by atoms with Crippen LogP contribution in [0.3, 0.4) is 0 Å². The zero-order valence-corrected chi connectivity index (χ0v) is 13.6. The van der Waals surface area contributed by atoms with Crippen LogP contribution in [0.25, 0.3) is 11.1 Å². The Hall–Kier alpha value is -2.01. The molecule has 1 aromatic heterocycles. The van der Waals surface area contributed by atoms with Gasteiger partial charge in [-0.05, 0) is 44.2 Å². The van der Waals surface area contributed by atoms with Gasteiger partial charge in [-0.3, -0.25) is 4.68 Å². The Kier molecular flexibility index (Phi) is 4.53. The highest BCUT2D eigenvalue weighted by Gasteiger charge is 2.18.